The number of hydrogen-bond donors (Lipinski definition) is 0. The molecular formula is C15H22N4O2. The van der Waals surface area contributed by atoms with E-state index in [1.807, 2.05) is 46.1 Å². The van der Waals surface area contributed by atoms with Gasteiger partial charge in [0.05, 0.1) is 13.2 Å². The van der Waals surface area contributed by atoms with E-state index in [0.717, 1.165) is 17.9 Å². The van der Waals surface area contributed by atoms with Gasteiger partial charge in [0.1, 0.15) is 0 Å². The lowest BCUT2D eigenvalue weighted by molar-refractivity contribution is 0.259. The zero-order valence-corrected chi connectivity index (χ0v) is 13.0. The van der Waals surface area contributed by atoms with Crippen LogP contribution in [0.2, 0.25) is 0 Å². The highest BCUT2D eigenvalue weighted by Gasteiger charge is 2.11. The molecular weight excluding hydrogens is 268 g/mol. The van der Waals surface area contributed by atoms with Crippen molar-refractivity contribution >= 4 is 0 Å². The van der Waals surface area contributed by atoms with Gasteiger partial charge < -0.3 is 9.26 Å². The molecule has 6 heteroatoms. The van der Waals surface area contributed by atoms with Gasteiger partial charge in [0.25, 0.3) is 0 Å². The molecule has 0 N–H and O–H groups in total. The predicted octanol–water partition coefficient (Wildman–Crippen LogP) is 2.62. The number of ether oxygens (including phenoxy) is 1. The van der Waals surface area contributed by atoms with Crippen molar-refractivity contribution in [2.75, 3.05) is 13.7 Å². The van der Waals surface area contributed by atoms with Crippen molar-refractivity contribution in [3.8, 4) is 5.88 Å². The van der Waals surface area contributed by atoms with Gasteiger partial charge in [-0.05, 0) is 19.5 Å². The molecule has 2 aromatic heterocycles. The van der Waals surface area contributed by atoms with Gasteiger partial charge in [-0.1, -0.05) is 25.1 Å². The third-order valence-corrected chi connectivity index (χ3v) is 2.95. The van der Waals surface area contributed by atoms with Crippen LogP contribution in [-0.2, 0) is 13.1 Å². The Morgan fingerprint density at radius 1 is 1.29 bits per heavy atom. The molecule has 0 spiro atoms. The molecule has 2 heterocycles. The summed E-state index contributed by atoms with van der Waals surface area (Å²) in [6.45, 7) is 8.04. The third-order valence-electron chi connectivity index (χ3n) is 2.95. The minimum atomic E-state index is 0.281. The molecule has 0 bridgehead atoms. The number of rotatable bonds is 7. The van der Waals surface area contributed by atoms with E-state index in [-0.39, 0.29) is 5.92 Å². The van der Waals surface area contributed by atoms with E-state index in [4.69, 9.17) is 9.26 Å². The summed E-state index contributed by atoms with van der Waals surface area (Å²) in [6.07, 6.45) is 1.83. The van der Waals surface area contributed by atoms with E-state index < -0.39 is 0 Å². The molecule has 6 nitrogen and oxygen atoms in total. The van der Waals surface area contributed by atoms with Crippen LogP contribution in [0.1, 0.15) is 44.0 Å². The molecule has 0 aliphatic rings. The Balaban J connectivity index is 1.89. The van der Waals surface area contributed by atoms with Crippen LogP contribution in [0, 0.1) is 0 Å². The topological polar surface area (TPSA) is 64.3 Å². The molecule has 114 valence electrons. The molecule has 21 heavy (non-hydrogen) atoms. The summed E-state index contributed by atoms with van der Waals surface area (Å²) in [4.78, 5) is 10.7. The lowest BCUT2D eigenvalue weighted by atomic mass is 10.2. The maximum absolute atomic E-state index is 5.33. The Bertz CT molecular complexity index is 551. The van der Waals surface area contributed by atoms with Crippen LogP contribution in [0.15, 0.2) is 22.9 Å². The molecule has 0 aromatic carbocycles. The first kappa shape index (κ1) is 15.4. The van der Waals surface area contributed by atoms with E-state index in [1.54, 1.807) is 0 Å². The summed E-state index contributed by atoms with van der Waals surface area (Å²) in [6, 6.07) is 3.90. The fraction of sp³-hybridized carbons (Fsp3) is 0.533. The van der Waals surface area contributed by atoms with Crippen LogP contribution in [-0.4, -0.2) is 33.7 Å². The summed E-state index contributed by atoms with van der Waals surface area (Å²) in [7, 11) is 2.01. The second-order valence-electron chi connectivity index (χ2n) is 5.31. The quantitative estimate of drug-likeness (QED) is 0.781. The highest BCUT2D eigenvalue weighted by molar-refractivity contribution is 5.17. The third kappa shape index (κ3) is 4.53. The van der Waals surface area contributed by atoms with Crippen LogP contribution in [0.25, 0.3) is 0 Å². The van der Waals surface area contributed by atoms with Gasteiger partial charge in [-0.25, -0.2) is 4.98 Å². The Kier molecular flexibility index (Phi) is 5.27. The zero-order chi connectivity index (χ0) is 15.2. The zero-order valence-electron chi connectivity index (χ0n) is 13.0. The molecule has 0 aliphatic heterocycles. The second-order valence-corrected chi connectivity index (χ2v) is 5.31. The molecule has 0 atom stereocenters. The maximum atomic E-state index is 5.33. The number of pyridine rings is 1. The van der Waals surface area contributed by atoms with Gasteiger partial charge in [0, 0.05) is 24.7 Å². The molecule has 0 saturated heterocycles. The van der Waals surface area contributed by atoms with E-state index >= 15 is 0 Å². The molecule has 0 fully saturated rings. The van der Waals surface area contributed by atoms with E-state index in [9.17, 15) is 0 Å². The van der Waals surface area contributed by atoms with Crippen LogP contribution in [0.5, 0.6) is 5.88 Å². The standard InChI is InChI=1S/C15H22N4O2/c1-5-20-13-7-6-12(8-16-13)9-19(4)10-14-17-15(11(2)3)18-21-14/h6-8,11H,5,9-10H2,1-4H3. The monoisotopic (exact) mass is 290 g/mol. The molecule has 0 amide bonds. The van der Waals surface area contributed by atoms with Crippen molar-refractivity contribution in [2.45, 2.75) is 39.8 Å². The predicted molar refractivity (Wildman–Crippen MR) is 79.0 cm³/mol. The maximum Gasteiger partial charge on any atom is 0.240 e. The average molecular weight is 290 g/mol. The van der Waals surface area contributed by atoms with E-state index in [2.05, 4.69) is 20.0 Å². The van der Waals surface area contributed by atoms with Crippen molar-refractivity contribution in [1.82, 2.24) is 20.0 Å². The molecule has 2 aromatic rings. The Labute approximate surface area is 125 Å². The lowest BCUT2D eigenvalue weighted by Crippen LogP contribution is -2.17. The summed E-state index contributed by atoms with van der Waals surface area (Å²) in [5.41, 5.74) is 1.12. The highest BCUT2D eigenvalue weighted by atomic mass is 16.5. The number of hydrogen-bond acceptors (Lipinski definition) is 6. The SMILES string of the molecule is CCOc1ccc(CN(C)Cc2nc(C(C)C)no2)cn1. The van der Waals surface area contributed by atoms with Crippen LogP contribution >= 0.6 is 0 Å². The van der Waals surface area contributed by atoms with Crippen molar-refractivity contribution in [3.63, 3.8) is 0 Å². The molecule has 0 radical (unpaired) electrons. The van der Waals surface area contributed by atoms with Gasteiger partial charge in [0.2, 0.25) is 11.8 Å². The normalized spacial score (nSPS) is 11.3. The van der Waals surface area contributed by atoms with Crippen molar-refractivity contribution in [1.29, 1.82) is 0 Å². The summed E-state index contributed by atoms with van der Waals surface area (Å²) < 4.78 is 10.6. The Morgan fingerprint density at radius 3 is 2.67 bits per heavy atom. The van der Waals surface area contributed by atoms with Crippen molar-refractivity contribution in [2.24, 2.45) is 0 Å². The van der Waals surface area contributed by atoms with Crippen molar-refractivity contribution < 1.29 is 9.26 Å². The number of nitrogens with zero attached hydrogens (tertiary/aromatic N) is 4. The minimum Gasteiger partial charge on any atom is -0.478 e. The molecule has 0 unspecified atom stereocenters. The van der Waals surface area contributed by atoms with E-state index in [1.165, 1.54) is 0 Å². The van der Waals surface area contributed by atoms with Crippen LogP contribution in [0.4, 0.5) is 0 Å². The second kappa shape index (κ2) is 7.17. The largest absolute Gasteiger partial charge is 0.478 e. The first-order chi connectivity index (χ1) is 10.1. The summed E-state index contributed by atoms with van der Waals surface area (Å²) >= 11 is 0. The lowest BCUT2D eigenvalue weighted by Gasteiger charge is -2.14. The average Bonchev–Trinajstić information content (AvgIpc) is 2.90. The highest BCUT2D eigenvalue weighted by Crippen LogP contribution is 2.13. The first-order valence-electron chi connectivity index (χ1n) is 7.17. The van der Waals surface area contributed by atoms with Crippen LogP contribution in [0.3, 0.4) is 0 Å². The van der Waals surface area contributed by atoms with Gasteiger partial charge in [-0.3, -0.25) is 4.90 Å². The van der Waals surface area contributed by atoms with Gasteiger partial charge >= 0.3 is 0 Å². The number of aromatic nitrogens is 3. The smallest absolute Gasteiger partial charge is 0.240 e. The van der Waals surface area contributed by atoms with Gasteiger partial charge in [0.15, 0.2) is 5.82 Å². The fourth-order valence-corrected chi connectivity index (χ4v) is 1.90. The van der Waals surface area contributed by atoms with Crippen molar-refractivity contribution in [3.05, 3.63) is 35.6 Å². The minimum absolute atomic E-state index is 0.281. The molecule has 2 rings (SSSR count). The Hall–Kier alpha value is -1.95. The summed E-state index contributed by atoms with van der Waals surface area (Å²) in [5.74, 6) is 2.33. The van der Waals surface area contributed by atoms with Gasteiger partial charge in [-0.15, -0.1) is 0 Å². The fourth-order valence-electron chi connectivity index (χ4n) is 1.90. The summed E-state index contributed by atoms with van der Waals surface area (Å²) in [5, 5.41) is 3.97. The Morgan fingerprint density at radius 2 is 2.10 bits per heavy atom. The molecule has 0 aliphatic carbocycles. The molecule has 0 saturated carbocycles. The first-order valence-corrected chi connectivity index (χ1v) is 7.17. The van der Waals surface area contributed by atoms with Gasteiger partial charge in [-0.2, -0.15) is 4.98 Å². The van der Waals surface area contributed by atoms with Crippen LogP contribution < -0.4 is 4.74 Å². The van der Waals surface area contributed by atoms with E-state index in [0.29, 0.717) is 24.9 Å².